The highest BCUT2D eigenvalue weighted by molar-refractivity contribution is 14.1. The van der Waals surface area contributed by atoms with Crippen molar-refractivity contribution in [1.82, 2.24) is 0 Å². The minimum atomic E-state index is 0.131. The van der Waals surface area contributed by atoms with Crippen LogP contribution in [0, 0.1) is 29.6 Å². The van der Waals surface area contributed by atoms with Crippen LogP contribution < -0.4 is 0 Å². The van der Waals surface area contributed by atoms with Gasteiger partial charge in [-0.25, -0.2) is 0 Å². The molecule has 4 bridgehead atoms. The van der Waals surface area contributed by atoms with Crippen molar-refractivity contribution in [3.05, 3.63) is 0 Å². The van der Waals surface area contributed by atoms with Gasteiger partial charge >= 0.3 is 5.97 Å². The van der Waals surface area contributed by atoms with Gasteiger partial charge in [0.15, 0.2) is 0 Å². The molecule has 0 radical (unpaired) electrons. The lowest BCUT2D eigenvalue weighted by atomic mass is 9.76. The second-order valence-electron chi connectivity index (χ2n) is 4.93. The highest BCUT2D eigenvalue weighted by atomic mass is 127. The quantitative estimate of drug-likeness (QED) is 0.385. The molecule has 13 heavy (non-hydrogen) atoms. The molecular weight excluding hydrogens is 279 g/mol. The van der Waals surface area contributed by atoms with Crippen molar-refractivity contribution >= 4 is 28.6 Å². The van der Waals surface area contributed by atoms with Crippen LogP contribution in [0.5, 0.6) is 0 Å². The number of hydrogen-bond acceptors (Lipinski definition) is 2. The number of carbonyl (C=O) groups is 1. The van der Waals surface area contributed by atoms with E-state index in [4.69, 9.17) is 4.74 Å². The number of esters is 1. The Kier molecular flexibility index (Phi) is 1.19. The molecule has 70 valence electrons. The van der Waals surface area contributed by atoms with E-state index >= 15 is 0 Å². The lowest BCUT2D eigenvalue weighted by Gasteiger charge is -2.27. The van der Waals surface area contributed by atoms with Gasteiger partial charge in [0.1, 0.15) is 6.10 Å². The predicted octanol–water partition coefficient (Wildman–Crippen LogP) is 1.62. The molecule has 5 unspecified atom stereocenters. The third-order valence-corrected chi connectivity index (χ3v) is 6.32. The van der Waals surface area contributed by atoms with E-state index in [0.29, 0.717) is 27.8 Å². The number of ether oxygens (including phenoxy) is 1. The number of carbonyl (C=O) groups excluding carboxylic acids is 1. The van der Waals surface area contributed by atoms with Crippen LogP contribution in [-0.2, 0) is 9.53 Å². The SMILES string of the molecule is O=C1O[C@@H]2C(I)C3C4CCC3[C@H]1C42. The summed E-state index contributed by atoms with van der Waals surface area (Å²) in [4.78, 5) is 11.6. The molecule has 1 saturated heterocycles. The largest absolute Gasteiger partial charge is 0.461 e. The standard InChI is InChI=1S/C10H11IO2/c11-8-5-3-1-2-4(5)7-6(3)9(8)13-10(7)12/h3-9H,1-2H2/t3?,4?,5?,6?,7-,8?,9-/m0/s1. The smallest absolute Gasteiger partial charge is 0.309 e. The molecule has 4 aliphatic rings. The average molecular weight is 290 g/mol. The van der Waals surface area contributed by atoms with Crippen LogP contribution in [0.15, 0.2) is 0 Å². The Morgan fingerprint density at radius 3 is 2.77 bits per heavy atom. The van der Waals surface area contributed by atoms with E-state index < -0.39 is 0 Å². The Morgan fingerprint density at radius 1 is 1.23 bits per heavy atom. The van der Waals surface area contributed by atoms with Crippen LogP contribution in [0.4, 0.5) is 0 Å². The van der Waals surface area contributed by atoms with Gasteiger partial charge in [0.2, 0.25) is 0 Å². The fraction of sp³-hybridized carbons (Fsp3) is 0.900. The Labute approximate surface area is 90.5 Å². The normalized spacial score (nSPS) is 66.2. The molecule has 4 fully saturated rings. The van der Waals surface area contributed by atoms with Crippen LogP contribution in [-0.4, -0.2) is 16.0 Å². The zero-order valence-corrected chi connectivity index (χ0v) is 9.31. The lowest BCUT2D eigenvalue weighted by Crippen LogP contribution is -2.33. The Bertz CT molecular complexity index is 303. The molecule has 1 heterocycles. The van der Waals surface area contributed by atoms with E-state index in [9.17, 15) is 4.79 Å². The van der Waals surface area contributed by atoms with Gasteiger partial charge in [-0.05, 0) is 30.6 Å². The molecule has 3 heteroatoms. The zero-order valence-electron chi connectivity index (χ0n) is 7.15. The minimum absolute atomic E-state index is 0.131. The minimum Gasteiger partial charge on any atom is -0.461 e. The topological polar surface area (TPSA) is 26.3 Å². The summed E-state index contributed by atoms with van der Waals surface area (Å²) < 4.78 is 6.11. The molecular formula is C10H11IO2. The molecule has 3 aliphatic carbocycles. The second-order valence-corrected chi connectivity index (χ2v) is 6.37. The molecule has 0 aromatic carbocycles. The van der Waals surface area contributed by atoms with E-state index in [1.807, 2.05) is 0 Å². The maximum Gasteiger partial charge on any atom is 0.309 e. The van der Waals surface area contributed by atoms with E-state index in [1.54, 1.807) is 0 Å². The molecule has 0 spiro atoms. The van der Waals surface area contributed by atoms with E-state index in [-0.39, 0.29) is 5.97 Å². The number of hydrogen-bond donors (Lipinski definition) is 0. The van der Waals surface area contributed by atoms with Crippen molar-refractivity contribution in [2.45, 2.75) is 22.9 Å². The highest BCUT2D eigenvalue weighted by Crippen LogP contribution is 2.69. The number of fused-ring (bicyclic) bond motifs is 1. The first kappa shape index (κ1) is 7.49. The lowest BCUT2D eigenvalue weighted by molar-refractivity contribution is -0.143. The summed E-state index contributed by atoms with van der Waals surface area (Å²) in [5.74, 6) is 3.44. The number of alkyl halides is 1. The van der Waals surface area contributed by atoms with E-state index in [0.717, 1.165) is 11.8 Å². The first-order valence-electron chi connectivity index (χ1n) is 5.13. The van der Waals surface area contributed by atoms with Gasteiger partial charge in [0.05, 0.1) is 9.84 Å². The summed E-state index contributed by atoms with van der Waals surface area (Å²) in [6, 6.07) is 0. The fourth-order valence-corrected chi connectivity index (χ4v) is 6.24. The van der Waals surface area contributed by atoms with Crippen LogP contribution in [0.25, 0.3) is 0 Å². The third-order valence-electron chi connectivity index (χ3n) is 4.78. The van der Waals surface area contributed by atoms with Crippen molar-refractivity contribution in [2.24, 2.45) is 29.6 Å². The Morgan fingerprint density at radius 2 is 2.00 bits per heavy atom. The van der Waals surface area contributed by atoms with Crippen LogP contribution in [0.2, 0.25) is 0 Å². The van der Waals surface area contributed by atoms with Crippen LogP contribution in [0.3, 0.4) is 0 Å². The molecule has 7 atom stereocenters. The Balaban J connectivity index is 1.91. The summed E-state index contributed by atoms with van der Waals surface area (Å²) in [5.41, 5.74) is 0. The first-order chi connectivity index (χ1) is 6.29. The third kappa shape index (κ3) is 0.621. The van der Waals surface area contributed by atoms with Gasteiger partial charge in [0.25, 0.3) is 0 Å². The van der Waals surface area contributed by atoms with Gasteiger partial charge < -0.3 is 4.74 Å². The fourth-order valence-electron chi connectivity index (χ4n) is 4.55. The van der Waals surface area contributed by atoms with Crippen molar-refractivity contribution < 1.29 is 9.53 Å². The molecule has 1 aliphatic heterocycles. The van der Waals surface area contributed by atoms with E-state index in [1.165, 1.54) is 12.8 Å². The van der Waals surface area contributed by atoms with E-state index in [2.05, 4.69) is 22.6 Å². The molecule has 0 amide bonds. The molecule has 3 saturated carbocycles. The highest BCUT2D eigenvalue weighted by Gasteiger charge is 2.72. The van der Waals surface area contributed by atoms with Crippen molar-refractivity contribution in [2.75, 3.05) is 0 Å². The Hall–Kier alpha value is 0.200. The molecule has 2 nitrogen and oxygen atoms in total. The molecule has 0 aromatic rings. The second kappa shape index (κ2) is 2.07. The van der Waals surface area contributed by atoms with Gasteiger partial charge in [-0.2, -0.15) is 0 Å². The summed E-state index contributed by atoms with van der Waals surface area (Å²) >= 11 is 2.52. The monoisotopic (exact) mass is 290 g/mol. The molecule has 0 N–H and O–H groups in total. The van der Waals surface area contributed by atoms with Gasteiger partial charge in [-0.3, -0.25) is 4.79 Å². The maximum absolute atomic E-state index is 11.6. The summed E-state index contributed by atoms with van der Waals surface area (Å²) in [6.45, 7) is 0. The summed E-state index contributed by atoms with van der Waals surface area (Å²) in [7, 11) is 0. The van der Waals surface area contributed by atoms with Crippen molar-refractivity contribution in [1.29, 1.82) is 0 Å². The van der Waals surface area contributed by atoms with Gasteiger partial charge in [-0.15, -0.1) is 0 Å². The summed E-state index contributed by atoms with van der Waals surface area (Å²) in [5, 5.41) is 0. The predicted molar refractivity (Wildman–Crippen MR) is 54.4 cm³/mol. The first-order valence-corrected chi connectivity index (χ1v) is 6.38. The summed E-state index contributed by atoms with van der Waals surface area (Å²) in [6.07, 6.45) is 2.95. The van der Waals surface area contributed by atoms with Crippen molar-refractivity contribution in [3.63, 3.8) is 0 Å². The number of rotatable bonds is 0. The van der Waals surface area contributed by atoms with Crippen molar-refractivity contribution in [3.8, 4) is 0 Å². The maximum atomic E-state index is 11.6. The van der Waals surface area contributed by atoms with Crippen LogP contribution >= 0.6 is 22.6 Å². The molecule has 0 aromatic heterocycles. The van der Waals surface area contributed by atoms with Crippen LogP contribution in [0.1, 0.15) is 12.8 Å². The molecule has 4 rings (SSSR count). The average Bonchev–Trinajstić information content (AvgIpc) is 2.75. The zero-order chi connectivity index (χ0) is 8.74. The number of halogens is 1. The van der Waals surface area contributed by atoms with Gasteiger partial charge in [0, 0.05) is 5.92 Å². The van der Waals surface area contributed by atoms with Gasteiger partial charge in [-0.1, -0.05) is 22.6 Å².